The fraction of sp³-hybridized carbons (Fsp3) is 0. The molecule has 276 valence electrons. The molecule has 6 heteroatoms. The SMILES string of the molecule is c1ccc2c(c1)ccc1c2c2ccccc2n1-c1nc(-n2c3ccccc3c3c4c5ccccc5n5c6c7ccccc7ccc6c(cc32)c45)c2oc3ccccc3c2n1. The van der Waals surface area contributed by atoms with E-state index in [0.717, 1.165) is 49.3 Å². The molecule has 0 atom stereocenters. The predicted octanol–water partition coefficient (Wildman–Crippen LogP) is 14.0. The van der Waals surface area contributed by atoms with Crippen LogP contribution in [-0.2, 0) is 0 Å². The van der Waals surface area contributed by atoms with Crippen LogP contribution in [0.4, 0.5) is 0 Å². The van der Waals surface area contributed by atoms with Crippen molar-refractivity contribution in [1.29, 1.82) is 0 Å². The minimum Gasteiger partial charge on any atom is -0.450 e. The molecule has 15 aromatic rings. The van der Waals surface area contributed by atoms with E-state index in [-0.39, 0.29) is 0 Å². The fourth-order valence-corrected chi connectivity index (χ4v) is 10.8. The van der Waals surface area contributed by atoms with Gasteiger partial charge in [-0.3, -0.25) is 9.13 Å². The summed E-state index contributed by atoms with van der Waals surface area (Å²) in [6.45, 7) is 0. The van der Waals surface area contributed by atoms with E-state index in [4.69, 9.17) is 14.4 Å². The average Bonchev–Trinajstić information content (AvgIpc) is 4.10. The van der Waals surface area contributed by atoms with E-state index in [2.05, 4.69) is 177 Å². The third-order valence-corrected chi connectivity index (χ3v) is 13.2. The number of aromatic nitrogens is 5. The second-order valence-corrected chi connectivity index (χ2v) is 16.1. The third-order valence-electron chi connectivity index (χ3n) is 13.2. The number of furan rings is 1. The van der Waals surface area contributed by atoms with Gasteiger partial charge in [-0.25, -0.2) is 4.98 Å². The van der Waals surface area contributed by atoms with Crippen molar-refractivity contribution in [3.05, 3.63) is 176 Å². The summed E-state index contributed by atoms with van der Waals surface area (Å²) < 4.78 is 14.0. The van der Waals surface area contributed by atoms with E-state index >= 15 is 0 Å². The van der Waals surface area contributed by atoms with Crippen molar-refractivity contribution >= 4 is 125 Å². The van der Waals surface area contributed by atoms with E-state index in [1.54, 1.807) is 0 Å². The molecular weight excluding hydrogens is 735 g/mol. The van der Waals surface area contributed by atoms with Crippen LogP contribution >= 0.6 is 0 Å². The van der Waals surface area contributed by atoms with Crippen LogP contribution in [0.15, 0.2) is 180 Å². The summed E-state index contributed by atoms with van der Waals surface area (Å²) in [5, 5.41) is 15.5. The van der Waals surface area contributed by atoms with Gasteiger partial charge in [-0.1, -0.05) is 133 Å². The molecule has 60 heavy (non-hydrogen) atoms. The lowest BCUT2D eigenvalue weighted by atomic mass is 10.0. The number of hydrogen-bond acceptors (Lipinski definition) is 3. The Morgan fingerprint density at radius 1 is 0.367 bits per heavy atom. The molecule has 0 aliphatic heterocycles. The molecule has 9 aromatic carbocycles. The van der Waals surface area contributed by atoms with Crippen LogP contribution in [0.1, 0.15) is 0 Å². The van der Waals surface area contributed by atoms with Gasteiger partial charge in [0.2, 0.25) is 5.95 Å². The van der Waals surface area contributed by atoms with Gasteiger partial charge in [0, 0.05) is 53.9 Å². The van der Waals surface area contributed by atoms with Crippen molar-refractivity contribution < 1.29 is 4.42 Å². The van der Waals surface area contributed by atoms with Gasteiger partial charge >= 0.3 is 0 Å². The highest BCUT2D eigenvalue weighted by molar-refractivity contribution is 6.37. The smallest absolute Gasteiger partial charge is 0.237 e. The molecule has 6 nitrogen and oxygen atoms in total. The highest BCUT2D eigenvalue weighted by Crippen LogP contribution is 2.48. The van der Waals surface area contributed by atoms with Crippen molar-refractivity contribution in [3.8, 4) is 11.8 Å². The maximum Gasteiger partial charge on any atom is 0.237 e. The van der Waals surface area contributed by atoms with Crippen LogP contribution < -0.4 is 0 Å². The first-order valence-corrected chi connectivity index (χ1v) is 20.4. The molecule has 0 bridgehead atoms. The summed E-state index contributed by atoms with van der Waals surface area (Å²) in [6.07, 6.45) is 0. The Morgan fingerprint density at radius 3 is 1.77 bits per heavy atom. The Kier molecular flexibility index (Phi) is 5.57. The zero-order valence-corrected chi connectivity index (χ0v) is 31.9. The number of rotatable bonds is 2. The van der Waals surface area contributed by atoms with Crippen molar-refractivity contribution in [1.82, 2.24) is 23.5 Å². The van der Waals surface area contributed by atoms with Crippen molar-refractivity contribution in [2.75, 3.05) is 0 Å². The van der Waals surface area contributed by atoms with Gasteiger partial charge in [0.15, 0.2) is 11.4 Å². The molecule has 6 aromatic heterocycles. The molecule has 0 spiro atoms. The van der Waals surface area contributed by atoms with Gasteiger partial charge in [0.25, 0.3) is 0 Å². The number of nitrogens with zero attached hydrogens (tertiary/aromatic N) is 5. The van der Waals surface area contributed by atoms with Crippen molar-refractivity contribution in [3.63, 3.8) is 0 Å². The Morgan fingerprint density at radius 2 is 0.967 bits per heavy atom. The van der Waals surface area contributed by atoms with Crippen LogP contribution in [0.2, 0.25) is 0 Å². The standard InChI is InChI=1S/C54H29N5O/c1-3-15-32-30(13-1)26-28-43-46(32)35-17-5-10-22-41(35)58(43)54-55-49-38-20-8-12-24-45(38)60-52(49)53(56-54)57-40-21-9-6-18-36(40)47-44(57)29-39-34-27-25-31-14-2-4-16-33(31)50(34)59-42-23-11-7-19-37(42)48(47)51(39)59/h1-29H. The molecule has 0 unspecified atom stereocenters. The number of benzene rings is 9. The van der Waals surface area contributed by atoms with E-state index in [1.807, 2.05) is 12.1 Å². The highest BCUT2D eigenvalue weighted by atomic mass is 16.3. The minimum absolute atomic E-state index is 0.593. The first-order valence-electron chi connectivity index (χ1n) is 20.4. The molecule has 0 aliphatic rings. The third kappa shape index (κ3) is 3.66. The summed E-state index contributed by atoms with van der Waals surface area (Å²) in [6, 6.07) is 63.2. The Bertz CT molecular complexity index is 4370. The summed E-state index contributed by atoms with van der Waals surface area (Å²) in [7, 11) is 0. The Labute approximate surface area is 339 Å². The molecule has 0 aliphatic carbocycles. The Balaban J connectivity index is 1.16. The zero-order valence-electron chi connectivity index (χ0n) is 31.9. The van der Waals surface area contributed by atoms with E-state index in [0.29, 0.717) is 17.3 Å². The molecule has 0 saturated heterocycles. The quantitative estimate of drug-likeness (QED) is 0.176. The molecule has 15 rings (SSSR count). The first kappa shape index (κ1) is 30.9. The molecule has 0 amide bonds. The van der Waals surface area contributed by atoms with Crippen LogP contribution in [0.25, 0.3) is 137 Å². The molecular formula is C54H29N5O. The normalized spacial score (nSPS) is 12.7. The second-order valence-electron chi connectivity index (χ2n) is 16.1. The lowest BCUT2D eigenvalue weighted by Crippen LogP contribution is -2.06. The summed E-state index contributed by atoms with van der Waals surface area (Å²) in [5.74, 6) is 1.30. The zero-order chi connectivity index (χ0) is 38.8. The van der Waals surface area contributed by atoms with Gasteiger partial charge in [-0.2, -0.15) is 4.98 Å². The summed E-state index contributed by atoms with van der Waals surface area (Å²) >= 11 is 0. The van der Waals surface area contributed by atoms with Crippen molar-refractivity contribution in [2.24, 2.45) is 0 Å². The molecule has 0 fully saturated rings. The van der Waals surface area contributed by atoms with Gasteiger partial charge < -0.3 is 8.82 Å². The van der Waals surface area contributed by atoms with E-state index in [1.165, 1.54) is 70.4 Å². The number of para-hydroxylation sites is 4. The minimum atomic E-state index is 0.593. The van der Waals surface area contributed by atoms with Crippen molar-refractivity contribution in [2.45, 2.75) is 0 Å². The van der Waals surface area contributed by atoms with Gasteiger partial charge in [-0.15, -0.1) is 0 Å². The first-order chi connectivity index (χ1) is 29.8. The fourth-order valence-electron chi connectivity index (χ4n) is 10.8. The van der Waals surface area contributed by atoms with Gasteiger partial charge in [0.1, 0.15) is 11.1 Å². The highest BCUT2D eigenvalue weighted by Gasteiger charge is 2.28. The van der Waals surface area contributed by atoms with Crippen LogP contribution in [0.5, 0.6) is 0 Å². The summed E-state index contributed by atoms with van der Waals surface area (Å²) in [5.41, 5.74) is 10.1. The maximum atomic E-state index is 6.87. The van der Waals surface area contributed by atoms with Crippen LogP contribution in [0.3, 0.4) is 0 Å². The lowest BCUT2D eigenvalue weighted by molar-refractivity contribution is 0.661. The van der Waals surface area contributed by atoms with E-state index in [9.17, 15) is 0 Å². The maximum absolute atomic E-state index is 6.87. The van der Waals surface area contributed by atoms with E-state index < -0.39 is 0 Å². The second kappa shape index (κ2) is 10.8. The molecule has 6 heterocycles. The number of fused-ring (bicyclic) bond motifs is 20. The topological polar surface area (TPSA) is 53.2 Å². The lowest BCUT2D eigenvalue weighted by Gasteiger charge is -2.12. The Hall–Kier alpha value is -8.22. The van der Waals surface area contributed by atoms with Gasteiger partial charge in [-0.05, 0) is 58.6 Å². The van der Waals surface area contributed by atoms with Gasteiger partial charge in [0.05, 0.1) is 38.6 Å². The number of hydrogen-bond donors (Lipinski definition) is 0. The predicted molar refractivity (Wildman–Crippen MR) is 248 cm³/mol. The monoisotopic (exact) mass is 763 g/mol. The average molecular weight is 764 g/mol. The largest absolute Gasteiger partial charge is 0.450 e. The summed E-state index contributed by atoms with van der Waals surface area (Å²) in [4.78, 5) is 11.1. The van der Waals surface area contributed by atoms with Crippen LogP contribution in [0, 0.1) is 0 Å². The molecule has 0 N–H and O–H groups in total. The molecule has 0 saturated carbocycles. The molecule has 0 radical (unpaired) electrons. The van der Waals surface area contributed by atoms with Crippen LogP contribution in [-0.4, -0.2) is 23.5 Å².